The first-order valence-electron chi connectivity index (χ1n) is 16.2. The first-order valence-corrected chi connectivity index (χ1v) is 16.6. The molecule has 0 radical (unpaired) electrons. The minimum absolute atomic E-state index is 0.110. The molecule has 0 spiro atoms. The zero-order valence-electron chi connectivity index (χ0n) is 26.6. The summed E-state index contributed by atoms with van der Waals surface area (Å²) in [7, 11) is 2.17. The summed E-state index contributed by atoms with van der Waals surface area (Å²) in [6, 6.07) is 9.66. The highest BCUT2D eigenvalue weighted by atomic mass is 35.5. The standard InChI is InChI=1S/C35H39ClFN7O3/c1-4-30(45)44-15-14-43(17-25(44)16-38-2)33-26-12-13-42(29-7-5-6-23-8-11-27(37)32(36)31(23)29)18-28(26)39-34(40-33)47-22-35(20-46-21-35)19-41(3)24-9-10-24/h4-8,11,24-25H,1,9-10,12-22H2,3H3/t25-/m0/s1. The van der Waals surface area contributed by atoms with Crippen LogP contribution < -0.4 is 14.5 Å². The lowest BCUT2D eigenvalue weighted by Gasteiger charge is -2.43. The zero-order chi connectivity index (χ0) is 32.7. The van der Waals surface area contributed by atoms with Crippen molar-refractivity contribution < 1.29 is 18.7 Å². The van der Waals surface area contributed by atoms with E-state index in [-0.39, 0.29) is 28.9 Å². The molecule has 12 heteroatoms. The van der Waals surface area contributed by atoms with E-state index in [4.69, 9.17) is 37.6 Å². The van der Waals surface area contributed by atoms with Crippen LogP contribution >= 0.6 is 11.6 Å². The Labute approximate surface area is 279 Å². The second-order valence-electron chi connectivity index (χ2n) is 13.3. The summed E-state index contributed by atoms with van der Waals surface area (Å²) in [4.78, 5) is 34.7. The third kappa shape index (κ3) is 6.22. The minimum Gasteiger partial charge on any atom is -0.463 e. The molecule has 1 aliphatic carbocycles. The lowest BCUT2D eigenvalue weighted by atomic mass is 9.86. The number of hydrogen-bond donors (Lipinski definition) is 0. The molecule has 246 valence electrons. The zero-order valence-corrected chi connectivity index (χ0v) is 27.4. The van der Waals surface area contributed by atoms with E-state index < -0.39 is 5.82 Å². The van der Waals surface area contributed by atoms with Gasteiger partial charge in [-0.15, -0.1) is 0 Å². The normalized spacial score (nSPS) is 20.5. The summed E-state index contributed by atoms with van der Waals surface area (Å²) in [5.74, 6) is 0.159. The number of carbonyl (C=O) groups is 1. The van der Waals surface area contributed by atoms with Crippen LogP contribution in [0.4, 0.5) is 15.9 Å². The van der Waals surface area contributed by atoms with Crippen molar-refractivity contribution in [3.63, 3.8) is 0 Å². The van der Waals surface area contributed by atoms with E-state index in [2.05, 4.69) is 33.2 Å². The van der Waals surface area contributed by atoms with E-state index in [0.29, 0.717) is 76.4 Å². The Kier molecular flexibility index (Phi) is 8.68. The van der Waals surface area contributed by atoms with Gasteiger partial charge in [0.05, 0.1) is 35.9 Å². The summed E-state index contributed by atoms with van der Waals surface area (Å²) in [6.45, 7) is 16.6. The van der Waals surface area contributed by atoms with Gasteiger partial charge in [0, 0.05) is 55.4 Å². The van der Waals surface area contributed by atoms with Crippen molar-refractivity contribution in [3.8, 4) is 6.01 Å². The quantitative estimate of drug-likeness (QED) is 0.231. The summed E-state index contributed by atoms with van der Waals surface area (Å²) in [5.41, 5.74) is 2.58. The summed E-state index contributed by atoms with van der Waals surface area (Å²) >= 11 is 6.53. The predicted molar refractivity (Wildman–Crippen MR) is 179 cm³/mol. The van der Waals surface area contributed by atoms with Crippen LogP contribution in [0.2, 0.25) is 5.02 Å². The number of rotatable bonds is 10. The Morgan fingerprint density at radius 1 is 1.23 bits per heavy atom. The van der Waals surface area contributed by atoms with Crippen LogP contribution in [-0.4, -0.2) is 104 Å². The molecule has 3 aromatic rings. The van der Waals surface area contributed by atoms with Gasteiger partial charge in [0.25, 0.3) is 0 Å². The molecule has 0 unspecified atom stereocenters. The van der Waals surface area contributed by atoms with E-state index in [9.17, 15) is 9.18 Å². The van der Waals surface area contributed by atoms with Crippen molar-refractivity contribution in [3.05, 3.63) is 76.5 Å². The van der Waals surface area contributed by atoms with Crippen LogP contribution in [0.3, 0.4) is 0 Å². The minimum atomic E-state index is -0.450. The summed E-state index contributed by atoms with van der Waals surface area (Å²) in [5, 5.41) is 1.66. The topological polar surface area (TPSA) is 78.6 Å². The van der Waals surface area contributed by atoms with Crippen molar-refractivity contribution in [2.24, 2.45) is 5.41 Å². The van der Waals surface area contributed by atoms with Gasteiger partial charge in [0.1, 0.15) is 24.3 Å². The molecule has 47 heavy (non-hydrogen) atoms. The fourth-order valence-electron chi connectivity index (χ4n) is 7.19. The second-order valence-corrected chi connectivity index (χ2v) is 13.6. The Morgan fingerprint density at radius 2 is 2.06 bits per heavy atom. The SMILES string of the molecule is [C-]#[N+]C[C@H]1CN(c2nc(OCC3(CN(C)C4CC4)COC3)nc3c2CCN(c2cccc4ccc(F)c(Cl)c24)C3)CCN1C(=O)C=C. The molecule has 3 aliphatic heterocycles. The van der Waals surface area contributed by atoms with E-state index in [1.165, 1.54) is 25.0 Å². The number of nitrogens with zero attached hydrogens (tertiary/aromatic N) is 7. The van der Waals surface area contributed by atoms with Crippen LogP contribution in [-0.2, 0) is 22.5 Å². The number of piperazine rings is 1. The highest BCUT2D eigenvalue weighted by Crippen LogP contribution is 2.39. The van der Waals surface area contributed by atoms with Gasteiger partial charge in [-0.05, 0) is 49.9 Å². The maximum absolute atomic E-state index is 14.6. The first kappa shape index (κ1) is 31.6. The first-order chi connectivity index (χ1) is 22.8. The number of aromatic nitrogens is 2. The molecule has 2 saturated heterocycles. The molecule has 7 rings (SSSR count). The fraction of sp³-hybridized carbons (Fsp3) is 0.486. The summed E-state index contributed by atoms with van der Waals surface area (Å²) in [6.07, 6.45) is 4.43. The largest absolute Gasteiger partial charge is 0.463 e. The predicted octanol–water partition coefficient (Wildman–Crippen LogP) is 4.60. The molecule has 0 N–H and O–H groups in total. The van der Waals surface area contributed by atoms with E-state index in [0.717, 1.165) is 34.7 Å². The molecule has 0 bridgehead atoms. The Balaban J connectivity index is 1.21. The molecular formula is C35H39ClFN7O3. The molecule has 3 fully saturated rings. The highest BCUT2D eigenvalue weighted by molar-refractivity contribution is 6.36. The molecule has 1 atom stereocenters. The maximum Gasteiger partial charge on any atom is 0.318 e. The number of fused-ring (bicyclic) bond motifs is 2. The van der Waals surface area contributed by atoms with E-state index in [1.807, 2.05) is 18.2 Å². The van der Waals surface area contributed by atoms with Crippen molar-refractivity contribution in [2.75, 3.05) is 75.9 Å². The Hall–Kier alpha value is -3.98. The van der Waals surface area contributed by atoms with Gasteiger partial charge in [-0.25, -0.2) is 11.0 Å². The van der Waals surface area contributed by atoms with Crippen LogP contribution in [0, 0.1) is 17.8 Å². The van der Waals surface area contributed by atoms with Crippen molar-refractivity contribution in [2.45, 2.75) is 37.9 Å². The number of hydrogen-bond acceptors (Lipinski definition) is 8. The number of halogens is 2. The van der Waals surface area contributed by atoms with Gasteiger partial charge in [-0.2, -0.15) is 9.97 Å². The average Bonchev–Trinajstić information content (AvgIpc) is 3.92. The molecule has 10 nitrogen and oxygen atoms in total. The Bertz CT molecular complexity index is 1740. The maximum atomic E-state index is 14.6. The van der Waals surface area contributed by atoms with Crippen molar-refractivity contribution in [1.82, 2.24) is 19.8 Å². The molecule has 1 aromatic heterocycles. The van der Waals surface area contributed by atoms with Crippen molar-refractivity contribution in [1.29, 1.82) is 0 Å². The molecular weight excluding hydrogens is 621 g/mol. The van der Waals surface area contributed by atoms with Crippen molar-refractivity contribution >= 4 is 39.8 Å². The number of ether oxygens (including phenoxy) is 2. The lowest BCUT2D eigenvalue weighted by Crippen LogP contribution is -2.56. The molecule has 1 saturated carbocycles. The smallest absolute Gasteiger partial charge is 0.318 e. The molecule has 4 aliphatic rings. The monoisotopic (exact) mass is 659 g/mol. The van der Waals surface area contributed by atoms with Gasteiger partial charge in [0.2, 0.25) is 12.5 Å². The molecule has 1 amide bonds. The molecule has 4 heterocycles. The number of carbonyl (C=O) groups excluding carboxylic acids is 1. The third-order valence-electron chi connectivity index (χ3n) is 9.90. The van der Waals surface area contributed by atoms with Gasteiger partial charge in [-0.3, -0.25) is 4.79 Å². The Morgan fingerprint density at radius 3 is 2.79 bits per heavy atom. The van der Waals surface area contributed by atoms with Crippen LogP contribution in [0.25, 0.3) is 15.6 Å². The number of amides is 1. The lowest BCUT2D eigenvalue weighted by molar-refractivity contribution is -0.143. The van der Waals surface area contributed by atoms with Gasteiger partial charge >= 0.3 is 6.01 Å². The second kappa shape index (κ2) is 12.9. The van der Waals surface area contributed by atoms with Crippen LogP contribution in [0.5, 0.6) is 6.01 Å². The van der Waals surface area contributed by atoms with E-state index >= 15 is 0 Å². The fourth-order valence-corrected chi connectivity index (χ4v) is 7.46. The third-order valence-corrected chi connectivity index (χ3v) is 10.3. The van der Waals surface area contributed by atoms with Gasteiger partial charge < -0.3 is 33.9 Å². The van der Waals surface area contributed by atoms with Gasteiger partial charge in [0.15, 0.2) is 0 Å². The number of benzene rings is 2. The average molecular weight is 660 g/mol. The van der Waals surface area contributed by atoms with Gasteiger partial charge in [-0.1, -0.05) is 36.4 Å². The molecule has 2 aromatic carbocycles. The number of anilines is 2. The van der Waals surface area contributed by atoms with Crippen LogP contribution in [0.1, 0.15) is 24.1 Å². The summed E-state index contributed by atoms with van der Waals surface area (Å²) < 4.78 is 26.7. The highest BCUT2D eigenvalue weighted by Gasteiger charge is 2.43. The van der Waals surface area contributed by atoms with Crippen LogP contribution in [0.15, 0.2) is 43.0 Å². The van der Waals surface area contributed by atoms with E-state index in [1.54, 1.807) is 11.0 Å².